The van der Waals surface area contributed by atoms with E-state index in [-0.39, 0.29) is 19.8 Å². The second-order valence-corrected chi connectivity index (χ2v) is 4.97. The summed E-state index contributed by atoms with van der Waals surface area (Å²) in [4.78, 5) is 11.6. The van der Waals surface area contributed by atoms with Crippen LogP contribution in [0.25, 0.3) is 0 Å². The van der Waals surface area contributed by atoms with Gasteiger partial charge in [-0.05, 0) is 36.2 Å². The van der Waals surface area contributed by atoms with Gasteiger partial charge in [0.2, 0.25) is 0 Å². The van der Waals surface area contributed by atoms with Gasteiger partial charge in [-0.15, -0.1) is 0 Å². The minimum Gasteiger partial charge on any atom is -0.490 e. The molecule has 0 fully saturated rings. The van der Waals surface area contributed by atoms with Crippen LogP contribution >= 0.6 is 0 Å². The van der Waals surface area contributed by atoms with Gasteiger partial charge in [0.15, 0.2) is 6.61 Å². The summed E-state index contributed by atoms with van der Waals surface area (Å²) in [6.07, 6.45) is 0.938. The zero-order valence-corrected chi connectivity index (χ0v) is 13.5. The predicted octanol–water partition coefficient (Wildman–Crippen LogP) is 3.12. The lowest BCUT2D eigenvalue weighted by Gasteiger charge is -2.09. The smallest absolute Gasteiger partial charge is 0.344 e. The molecule has 0 bridgehead atoms. The zero-order chi connectivity index (χ0) is 17.2. The fraction of sp³-hybridized carbons (Fsp3) is 0.263. The van der Waals surface area contributed by atoms with Gasteiger partial charge in [-0.1, -0.05) is 31.2 Å². The fourth-order valence-electron chi connectivity index (χ4n) is 2.03. The van der Waals surface area contributed by atoms with E-state index < -0.39 is 5.97 Å². The Morgan fingerprint density at radius 3 is 2.71 bits per heavy atom. The highest BCUT2D eigenvalue weighted by Crippen LogP contribution is 2.16. The monoisotopic (exact) mass is 325 g/mol. The SMILES string of the molecule is CCc1cccc(OCCOC(=O)COc2ccccc2C#N)c1. The molecule has 0 aliphatic rings. The number of nitriles is 1. The first-order valence-electron chi connectivity index (χ1n) is 7.72. The Morgan fingerprint density at radius 2 is 1.92 bits per heavy atom. The Morgan fingerprint density at radius 1 is 1.08 bits per heavy atom. The number of aryl methyl sites for hydroxylation is 1. The summed E-state index contributed by atoms with van der Waals surface area (Å²) < 4.78 is 15.9. The summed E-state index contributed by atoms with van der Waals surface area (Å²) in [5.41, 5.74) is 1.57. The van der Waals surface area contributed by atoms with E-state index in [1.165, 1.54) is 5.56 Å². The van der Waals surface area contributed by atoms with Crippen molar-refractivity contribution in [2.75, 3.05) is 19.8 Å². The molecule has 0 aliphatic carbocycles. The highest BCUT2D eigenvalue weighted by atomic mass is 16.6. The largest absolute Gasteiger partial charge is 0.490 e. The van der Waals surface area contributed by atoms with E-state index in [2.05, 4.69) is 6.92 Å². The number of nitrogens with zero attached hydrogens (tertiary/aromatic N) is 1. The van der Waals surface area contributed by atoms with E-state index in [0.29, 0.717) is 11.3 Å². The number of para-hydroxylation sites is 1. The molecule has 2 aromatic rings. The summed E-state index contributed by atoms with van der Waals surface area (Å²) in [7, 11) is 0. The Labute approximate surface area is 141 Å². The molecule has 0 spiro atoms. The molecule has 0 heterocycles. The van der Waals surface area contributed by atoms with Crippen LogP contribution in [-0.2, 0) is 16.0 Å². The molecular formula is C19H19NO4. The minimum absolute atomic E-state index is 0.137. The molecule has 0 radical (unpaired) electrons. The molecular weight excluding hydrogens is 306 g/mol. The quantitative estimate of drug-likeness (QED) is 0.551. The topological polar surface area (TPSA) is 68.6 Å². The van der Waals surface area contributed by atoms with Gasteiger partial charge in [-0.3, -0.25) is 0 Å². The van der Waals surface area contributed by atoms with Crippen molar-refractivity contribution in [3.63, 3.8) is 0 Å². The Balaban J connectivity index is 1.69. The molecule has 0 amide bonds. The van der Waals surface area contributed by atoms with Gasteiger partial charge in [0.25, 0.3) is 0 Å². The van der Waals surface area contributed by atoms with E-state index in [4.69, 9.17) is 19.5 Å². The third-order valence-corrected chi connectivity index (χ3v) is 3.27. The van der Waals surface area contributed by atoms with E-state index in [1.54, 1.807) is 24.3 Å². The van der Waals surface area contributed by atoms with Crippen LogP contribution in [0, 0.1) is 11.3 Å². The maximum atomic E-state index is 11.6. The van der Waals surface area contributed by atoms with Crippen LogP contribution in [0.2, 0.25) is 0 Å². The lowest BCUT2D eigenvalue weighted by Crippen LogP contribution is -2.18. The summed E-state index contributed by atoms with van der Waals surface area (Å²) in [5.74, 6) is 0.614. The second-order valence-electron chi connectivity index (χ2n) is 4.97. The van der Waals surface area contributed by atoms with Crippen molar-refractivity contribution in [3.8, 4) is 17.6 Å². The van der Waals surface area contributed by atoms with Crippen molar-refractivity contribution in [1.29, 1.82) is 5.26 Å². The van der Waals surface area contributed by atoms with Crippen molar-refractivity contribution >= 4 is 5.97 Å². The maximum Gasteiger partial charge on any atom is 0.344 e. The first-order chi connectivity index (χ1) is 11.7. The standard InChI is InChI=1S/C19H19NO4/c1-2-15-6-5-8-17(12-15)22-10-11-23-19(21)14-24-18-9-4-3-7-16(18)13-20/h3-9,12H,2,10-11,14H2,1H3. The number of esters is 1. The highest BCUT2D eigenvalue weighted by molar-refractivity contribution is 5.71. The molecule has 0 aliphatic heterocycles. The Kier molecular flexibility index (Phi) is 6.66. The predicted molar refractivity (Wildman–Crippen MR) is 88.9 cm³/mol. The van der Waals surface area contributed by atoms with Crippen molar-refractivity contribution in [2.45, 2.75) is 13.3 Å². The first-order valence-corrected chi connectivity index (χ1v) is 7.72. The van der Waals surface area contributed by atoms with Crippen LogP contribution in [0.5, 0.6) is 11.5 Å². The third kappa shape index (κ3) is 5.33. The van der Waals surface area contributed by atoms with Gasteiger partial charge in [-0.2, -0.15) is 5.26 Å². The molecule has 2 rings (SSSR count). The van der Waals surface area contributed by atoms with Gasteiger partial charge >= 0.3 is 5.97 Å². The number of carbonyl (C=O) groups excluding carboxylic acids is 1. The third-order valence-electron chi connectivity index (χ3n) is 3.27. The first kappa shape index (κ1) is 17.4. The van der Waals surface area contributed by atoms with Crippen LogP contribution in [-0.4, -0.2) is 25.8 Å². The number of hydrogen-bond donors (Lipinski definition) is 0. The zero-order valence-electron chi connectivity index (χ0n) is 13.5. The maximum absolute atomic E-state index is 11.6. The molecule has 5 nitrogen and oxygen atoms in total. The van der Waals surface area contributed by atoms with Crippen LogP contribution < -0.4 is 9.47 Å². The van der Waals surface area contributed by atoms with Crippen LogP contribution in [0.1, 0.15) is 18.1 Å². The fourth-order valence-corrected chi connectivity index (χ4v) is 2.03. The summed E-state index contributed by atoms with van der Waals surface area (Å²) >= 11 is 0. The van der Waals surface area contributed by atoms with E-state index >= 15 is 0 Å². The minimum atomic E-state index is -0.506. The van der Waals surface area contributed by atoms with Gasteiger partial charge in [-0.25, -0.2) is 4.79 Å². The summed E-state index contributed by atoms with van der Waals surface area (Å²) in [5, 5.41) is 8.94. The van der Waals surface area contributed by atoms with Gasteiger partial charge in [0, 0.05) is 0 Å². The molecule has 5 heteroatoms. The number of benzene rings is 2. The summed E-state index contributed by atoms with van der Waals surface area (Å²) in [6, 6.07) is 16.5. The number of carbonyl (C=O) groups is 1. The molecule has 0 unspecified atom stereocenters. The molecule has 2 aromatic carbocycles. The highest BCUT2D eigenvalue weighted by Gasteiger charge is 2.07. The number of rotatable bonds is 8. The molecule has 0 saturated heterocycles. The molecule has 24 heavy (non-hydrogen) atoms. The van der Waals surface area contributed by atoms with Crippen molar-refractivity contribution in [3.05, 3.63) is 59.7 Å². The normalized spacial score (nSPS) is 9.83. The van der Waals surface area contributed by atoms with Gasteiger partial charge in [0.1, 0.15) is 30.8 Å². The molecule has 124 valence electrons. The van der Waals surface area contributed by atoms with E-state index in [0.717, 1.165) is 12.2 Å². The van der Waals surface area contributed by atoms with Crippen LogP contribution in [0.4, 0.5) is 0 Å². The summed E-state index contributed by atoms with van der Waals surface area (Å²) in [6.45, 7) is 2.24. The second kappa shape index (κ2) is 9.21. The Hall–Kier alpha value is -3.00. The average Bonchev–Trinajstić information content (AvgIpc) is 2.64. The molecule has 0 atom stereocenters. The number of hydrogen-bond acceptors (Lipinski definition) is 5. The van der Waals surface area contributed by atoms with Crippen molar-refractivity contribution in [2.24, 2.45) is 0 Å². The van der Waals surface area contributed by atoms with Gasteiger partial charge < -0.3 is 14.2 Å². The van der Waals surface area contributed by atoms with Crippen molar-refractivity contribution in [1.82, 2.24) is 0 Å². The Bertz CT molecular complexity index is 721. The lowest BCUT2D eigenvalue weighted by molar-refractivity contribution is -0.146. The molecule has 0 N–H and O–H groups in total. The van der Waals surface area contributed by atoms with Crippen LogP contribution in [0.15, 0.2) is 48.5 Å². The van der Waals surface area contributed by atoms with E-state index in [1.807, 2.05) is 30.3 Å². The lowest BCUT2D eigenvalue weighted by atomic mass is 10.2. The van der Waals surface area contributed by atoms with Crippen LogP contribution in [0.3, 0.4) is 0 Å². The average molecular weight is 325 g/mol. The molecule has 0 saturated carbocycles. The van der Waals surface area contributed by atoms with E-state index in [9.17, 15) is 4.79 Å². The molecule has 0 aromatic heterocycles. The van der Waals surface area contributed by atoms with Gasteiger partial charge in [0.05, 0.1) is 5.56 Å². The number of ether oxygens (including phenoxy) is 3. The van der Waals surface area contributed by atoms with Crippen molar-refractivity contribution < 1.29 is 19.0 Å².